The fraction of sp³-hybridized carbons (Fsp3) is 0.278. The summed E-state index contributed by atoms with van der Waals surface area (Å²) in [6, 6.07) is 10.7. The van der Waals surface area contributed by atoms with Crippen LogP contribution < -0.4 is 5.32 Å². The fourth-order valence-electron chi connectivity index (χ4n) is 2.67. The van der Waals surface area contributed by atoms with Crippen molar-refractivity contribution in [2.75, 3.05) is 14.2 Å². The number of carbonyl (C=O) groups excluding carboxylic acids is 1. The third kappa shape index (κ3) is 5.44. The van der Waals surface area contributed by atoms with Crippen LogP contribution in [-0.4, -0.2) is 31.3 Å². The zero-order valence-electron chi connectivity index (χ0n) is 14.4. The molecule has 0 aliphatic carbocycles. The van der Waals surface area contributed by atoms with Gasteiger partial charge in [-0.2, -0.15) is 0 Å². The van der Waals surface area contributed by atoms with Crippen LogP contribution in [0.5, 0.6) is 0 Å². The molecule has 1 unspecified atom stereocenters. The Morgan fingerprint density at radius 2 is 2.12 bits per heavy atom. The monoisotopic (exact) mass is 474 g/mol. The topological polar surface area (TPSA) is 41.6 Å². The number of hydrogen-bond acceptors (Lipinski definition) is 5. The van der Waals surface area contributed by atoms with Gasteiger partial charge in [-0.05, 0) is 57.5 Å². The molecule has 2 aromatic heterocycles. The number of likely N-dealkylation sites (N-methyl/N-ethyl adjacent to an activating group) is 1. The van der Waals surface area contributed by atoms with Crippen LogP contribution in [0.4, 0.5) is 4.79 Å². The Kier molecular flexibility index (Phi) is 7.91. The van der Waals surface area contributed by atoms with Crippen molar-refractivity contribution in [1.29, 1.82) is 0 Å². The average molecular weight is 476 g/mol. The minimum Gasteiger partial charge on any atom is -0.453 e. The van der Waals surface area contributed by atoms with E-state index in [0.29, 0.717) is 6.42 Å². The number of nitrogens with one attached hydrogen (secondary N) is 1. The normalized spacial score (nSPS) is 12.0. The first-order valence-corrected chi connectivity index (χ1v) is 10.3. The number of thiophene rings is 2. The number of alkyl carbamates (subject to hydrolysis) is 1. The number of rotatable bonds is 6. The van der Waals surface area contributed by atoms with Gasteiger partial charge in [0.05, 0.1) is 13.3 Å². The highest BCUT2D eigenvalue weighted by Gasteiger charge is 2.19. The summed E-state index contributed by atoms with van der Waals surface area (Å²) in [4.78, 5) is 15.1. The second-order valence-electron chi connectivity index (χ2n) is 5.79. The summed E-state index contributed by atoms with van der Waals surface area (Å²) in [5.41, 5.74) is 1.19. The molecule has 140 valence electrons. The summed E-state index contributed by atoms with van der Waals surface area (Å²) in [6.45, 7) is 0.756. The maximum absolute atomic E-state index is 11.8. The molecule has 4 nitrogen and oxygen atoms in total. The Labute approximate surface area is 175 Å². The summed E-state index contributed by atoms with van der Waals surface area (Å²) >= 11 is 6.92. The zero-order valence-corrected chi connectivity index (χ0v) is 18.4. The lowest BCUT2D eigenvalue weighted by Crippen LogP contribution is -2.47. The number of fused-ring (bicyclic) bond motifs is 1. The van der Waals surface area contributed by atoms with E-state index in [2.05, 4.69) is 67.2 Å². The van der Waals surface area contributed by atoms with Crippen LogP contribution in [-0.2, 0) is 17.7 Å². The predicted molar refractivity (Wildman–Crippen MR) is 116 cm³/mol. The van der Waals surface area contributed by atoms with Gasteiger partial charge >= 0.3 is 6.09 Å². The minimum absolute atomic E-state index is 0. The van der Waals surface area contributed by atoms with E-state index in [1.54, 1.807) is 22.7 Å². The first-order chi connectivity index (χ1) is 12.0. The smallest absolute Gasteiger partial charge is 0.408 e. The average Bonchev–Trinajstić information content (AvgIpc) is 3.22. The number of halogens is 2. The highest BCUT2D eigenvalue weighted by Crippen LogP contribution is 2.24. The van der Waals surface area contributed by atoms with Crippen LogP contribution >= 0.6 is 51.0 Å². The van der Waals surface area contributed by atoms with E-state index in [4.69, 9.17) is 4.74 Å². The highest BCUT2D eigenvalue weighted by atomic mass is 79.9. The lowest BCUT2D eigenvalue weighted by molar-refractivity contribution is 0.139. The fourth-order valence-corrected chi connectivity index (χ4v) is 4.96. The van der Waals surface area contributed by atoms with Crippen LogP contribution in [0, 0.1) is 0 Å². The van der Waals surface area contributed by atoms with Crippen molar-refractivity contribution < 1.29 is 9.53 Å². The molecule has 26 heavy (non-hydrogen) atoms. The number of nitrogens with zero attached hydrogens (tertiary/aromatic N) is 1. The van der Waals surface area contributed by atoms with Gasteiger partial charge in [-0.15, -0.1) is 35.1 Å². The first-order valence-electron chi connectivity index (χ1n) is 7.79. The Morgan fingerprint density at radius 1 is 1.31 bits per heavy atom. The van der Waals surface area contributed by atoms with Gasteiger partial charge in [-0.1, -0.05) is 12.1 Å². The third-order valence-corrected chi connectivity index (χ3v) is 6.56. The molecule has 0 spiro atoms. The lowest BCUT2D eigenvalue weighted by Gasteiger charge is -2.28. The number of ether oxygens (including phenoxy) is 1. The van der Waals surface area contributed by atoms with E-state index < -0.39 is 6.09 Å². The van der Waals surface area contributed by atoms with Crippen LogP contribution in [0.3, 0.4) is 0 Å². The molecule has 0 saturated carbocycles. The molecule has 0 bridgehead atoms. The van der Waals surface area contributed by atoms with Crippen LogP contribution in [0.1, 0.15) is 10.4 Å². The van der Waals surface area contributed by atoms with Gasteiger partial charge in [0, 0.05) is 32.4 Å². The van der Waals surface area contributed by atoms with E-state index in [1.165, 1.54) is 27.6 Å². The molecule has 3 rings (SSSR count). The SMILES string of the molecule is COC(=O)NC(Cc1ccc2sccc2c1)N(C)Cc1cc(Br)cs1.Cl. The Bertz CT molecular complexity index is 868. The molecule has 0 aliphatic heterocycles. The molecule has 0 fully saturated rings. The molecule has 3 aromatic rings. The van der Waals surface area contributed by atoms with Gasteiger partial charge < -0.3 is 10.1 Å². The highest BCUT2D eigenvalue weighted by molar-refractivity contribution is 9.10. The summed E-state index contributed by atoms with van der Waals surface area (Å²) in [7, 11) is 3.40. The van der Waals surface area contributed by atoms with Gasteiger partial charge in [-0.25, -0.2) is 4.79 Å². The van der Waals surface area contributed by atoms with Gasteiger partial charge in [0.15, 0.2) is 0 Å². The Hall–Kier alpha value is -1.12. The van der Waals surface area contributed by atoms with Crippen molar-refractivity contribution in [3.8, 4) is 0 Å². The molecule has 1 N–H and O–H groups in total. The Morgan fingerprint density at radius 3 is 2.81 bits per heavy atom. The Balaban J connectivity index is 0.00000243. The van der Waals surface area contributed by atoms with Crippen molar-refractivity contribution in [1.82, 2.24) is 10.2 Å². The van der Waals surface area contributed by atoms with Crippen LogP contribution in [0.2, 0.25) is 0 Å². The number of methoxy groups -OCH3 is 1. The van der Waals surface area contributed by atoms with Crippen molar-refractivity contribution in [3.05, 3.63) is 56.0 Å². The molecule has 0 aliphatic rings. The van der Waals surface area contributed by atoms with E-state index in [1.807, 2.05) is 7.05 Å². The molecule has 1 aromatic carbocycles. The maximum Gasteiger partial charge on any atom is 0.408 e. The van der Waals surface area contributed by atoms with Crippen molar-refractivity contribution in [3.63, 3.8) is 0 Å². The van der Waals surface area contributed by atoms with Crippen molar-refractivity contribution >= 4 is 67.2 Å². The molecule has 8 heteroatoms. The third-order valence-electron chi connectivity index (χ3n) is 3.97. The second-order valence-corrected chi connectivity index (χ2v) is 8.65. The maximum atomic E-state index is 11.8. The van der Waals surface area contributed by atoms with Crippen LogP contribution in [0.15, 0.2) is 45.6 Å². The van der Waals surface area contributed by atoms with E-state index >= 15 is 0 Å². The number of hydrogen-bond donors (Lipinski definition) is 1. The quantitative estimate of drug-likeness (QED) is 0.478. The summed E-state index contributed by atoms with van der Waals surface area (Å²) in [5, 5.41) is 8.35. The number of carbonyl (C=O) groups is 1. The van der Waals surface area contributed by atoms with E-state index in [-0.39, 0.29) is 18.6 Å². The van der Waals surface area contributed by atoms with Crippen molar-refractivity contribution in [2.45, 2.75) is 19.1 Å². The molecule has 2 heterocycles. The van der Waals surface area contributed by atoms with Crippen LogP contribution in [0.25, 0.3) is 10.1 Å². The zero-order chi connectivity index (χ0) is 17.8. The lowest BCUT2D eigenvalue weighted by atomic mass is 10.1. The summed E-state index contributed by atoms with van der Waals surface area (Å²) in [6.07, 6.45) is 0.148. The van der Waals surface area contributed by atoms with E-state index in [9.17, 15) is 4.79 Å². The summed E-state index contributed by atoms with van der Waals surface area (Å²) < 4.78 is 7.16. The molecule has 1 atom stereocenters. The molecule has 0 saturated heterocycles. The first kappa shape index (κ1) is 21.2. The van der Waals surface area contributed by atoms with Gasteiger partial charge in [0.1, 0.15) is 0 Å². The van der Waals surface area contributed by atoms with Gasteiger partial charge in [0.25, 0.3) is 0 Å². The molecule has 0 radical (unpaired) electrons. The summed E-state index contributed by atoms with van der Waals surface area (Å²) in [5.74, 6) is 0. The molecular weight excluding hydrogens is 456 g/mol. The van der Waals surface area contributed by atoms with Crippen molar-refractivity contribution in [2.24, 2.45) is 0 Å². The van der Waals surface area contributed by atoms with E-state index in [0.717, 1.165) is 11.0 Å². The minimum atomic E-state index is -0.416. The van der Waals surface area contributed by atoms with Gasteiger partial charge in [-0.3, -0.25) is 4.90 Å². The predicted octanol–water partition coefficient (Wildman–Crippen LogP) is 5.50. The molecular formula is C18H20BrClN2O2S2. The molecule has 1 amide bonds. The second kappa shape index (κ2) is 9.71. The standard InChI is InChI=1S/C18H19BrN2O2S2.ClH/c1-21(10-15-9-14(19)11-25-15)17(20-18(22)23-2)8-12-3-4-16-13(7-12)5-6-24-16;/h3-7,9,11,17H,8,10H2,1-2H3,(H,20,22);1H. The largest absolute Gasteiger partial charge is 0.453 e. The number of amides is 1. The number of benzene rings is 1. The van der Waals surface area contributed by atoms with Gasteiger partial charge in [0.2, 0.25) is 0 Å².